The number of unbranched alkanes of at least 4 members (excludes halogenated alkanes) is 1. The predicted octanol–water partition coefficient (Wildman–Crippen LogP) is 3.36. The molecule has 0 radical (unpaired) electrons. The molecule has 6 heteroatoms. The topological polar surface area (TPSA) is 75.5 Å². The highest BCUT2D eigenvalue weighted by atomic mass is 16.6. The second-order valence-corrected chi connectivity index (χ2v) is 6.26. The van der Waals surface area contributed by atoms with Crippen molar-refractivity contribution in [3.8, 4) is 0 Å². The maximum absolute atomic E-state index is 12.1. The number of nitrogens with one attached hydrogen (secondary N) is 1. The Bertz CT molecular complexity index is 574. The number of nitro groups is 1. The predicted molar refractivity (Wildman–Crippen MR) is 90.9 cm³/mol. The fraction of sp³-hybridized carbons (Fsp3) is 0.588. The van der Waals surface area contributed by atoms with Crippen molar-refractivity contribution >= 4 is 17.3 Å². The van der Waals surface area contributed by atoms with E-state index >= 15 is 0 Å². The van der Waals surface area contributed by atoms with E-state index in [1.165, 1.54) is 6.07 Å². The van der Waals surface area contributed by atoms with E-state index in [-0.39, 0.29) is 11.6 Å². The molecule has 1 aromatic carbocycles. The Balaban J connectivity index is 2.21. The van der Waals surface area contributed by atoms with E-state index in [0.717, 1.165) is 38.8 Å². The highest BCUT2D eigenvalue weighted by Crippen LogP contribution is 2.32. The molecule has 1 amide bonds. The molecule has 1 aromatic rings. The number of hydrogen-bond acceptors (Lipinski definition) is 4. The highest BCUT2D eigenvalue weighted by molar-refractivity contribution is 5.95. The van der Waals surface area contributed by atoms with E-state index in [1.807, 2.05) is 6.92 Å². The molecule has 0 aromatic heterocycles. The summed E-state index contributed by atoms with van der Waals surface area (Å²) < 4.78 is 0. The normalized spacial score (nSPS) is 17.8. The zero-order valence-electron chi connectivity index (χ0n) is 13.9. The summed E-state index contributed by atoms with van der Waals surface area (Å²) in [7, 11) is 0. The van der Waals surface area contributed by atoms with E-state index in [4.69, 9.17) is 0 Å². The van der Waals surface area contributed by atoms with Crippen LogP contribution in [0.3, 0.4) is 0 Å². The Hall–Kier alpha value is -2.11. The van der Waals surface area contributed by atoms with Crippen molar-refractivity contribution in [2.24, 2.45) is 5.92 Å². The molecule has 0 spiro atoms. The van der Waals surface area contributed by atoms with Crippen molar-refractivity contribution in [3.63, 3.8) is 0 Å². The SMILES string of the molecule is CCCCNC(=O)c1ccc(N2CCCC(C)C2)c([N+](=O)[O-])c1. The summed E-state index contributed by atoms with van der Waals surface area (Å²) in [6.45, 7) is 6.45. The van der Waals surface area contributed by atoms with Crippen LogP contribution in [0.5, 0.6) is 0 Å². The number of hydrogen-bond donors (Lipinski definition) is 1. The summed E-state index contributed by atoms with van der Waals surface area (Å²) in [5, 5.41) is 14.2. The molecular formula is C17H25N3O3. The standard InChI is InChI=1S/C17H25N3O3/c1-3-4-9-18-17(21)14-7-8-15(16(11-14)20(22)23)19-10-5-6-13(2)12-19/h7-8,11,13H,3-6,9-10,12H2,1-2H3,(H,18,21). The first-order valence-electron chi connectivity index (χ1n) is 8.34. The van der Waals surface area contributed by atoms with Gasteiger partial charge in [0.2, 0.25) is 0 Å². The first-order valence-corrected chi connectivity index (χ1v) is 8.34. The van der Waals surface area contributed by atoms with Gasteiger partial charge in [-0.25, -0.2) is 0 Å². The molecular weight excluding hydrogens is 294 g/mol. The van der Waals surface area contributed by atoms with Crippen molar-refractivity contribution in [2.45, 2.75) is 39.5 Å². The van der Waals surface area contributed by atoms with E-state index in [9.17, 15) is 14.9 Å². The van der Waals surface area contributed by atoms with Crippen LogP contribution in [0.15, 0.2) is 18.2 Å². The van der Waals surface area contributed by atoms with E-state index in [2.05, 4.69) is 17.1 Å². The Morgan fingerprint density at radius 2 is 2.26 bits per heavy atom. The van der Waals surface area contributed by atoms with Gasteiger partial charge in [0.05, 0.1) is 4.92 Å². The zero-order chi connectivity index (χ0) is 16.8. The minimum absolute atomic E-state index is 0.0160. The lowest BCUT2D eigenvalue weighted by atomic mass is 9.99. The third kappa shape index (κ3) is 4.43. The summed E-state index contributed by atoms with van der Waals surface area (Å²) in [5.74, 6) is 0.278. The second-order valence-electron chi connectivity index (χ2n) is 6.26. The fourth-order valence-corrected chi connectivity index (χ4v) is 2.97. The third-order valence-corrected chi connectivity index (χ3v) is 4.25. The lowest BCUT2D eigenvalue weighted by Gasteiger charge is -2.32. The molecule has 1 aliphatic heterocycles. The van der Waals surface area contributed by atoms with Crippen LogP contribution in [0.25, 0.3) is 0 Å². The number of benzene rings is 1. The van der Waals surface area contributed by atoms with Crippen molar-refractivity contribution < 1.29 is 9.72 Å². The van der Waals surface area contributed by atoms with Crippen LogP contribution in [0.2, 0.25) is 0 Å². The maximum Gasteiger partial charge on any atom is 0.293 e. The van der Waals surface area contributed by atoms with Gasteiger partial charge in [-0.1, -0.05) is 20.3 Å². The smallest absolute Gasteiger partial charge is 0.293 e. The van der Waals surface area contributed by atoms with Crippen LogP contribution in [0.4, 0.5) is 11.4 Å². The number of nitrogens with zero attached hydrogens (tertiary/aromatic N) is 2. The summed E-state index contributed by atoms with van der Waals surface area (Å²) >= 11 is 0. The van der Waals surface area contributed by atoms with Crippen LogP contribution in [-0.4, -0.2) is 30.5 Å². The molecule has 1 heterocycles. The zero-order valence-corrected chi connectivity index (χ0v) is 13.9. The van der Waals surface area contributed by atoms with Gasteiger partial charge < -0.3 is 10.2 Å². The summed E-state index contributed by atoms with van der Waals surface area (Å²) in [5.41, 5.74) is 0.982. The lowest BCUT2D eigenvalue weighted by Crippen LogP contribution is -2.34. The van der Waals surface area contributed by atoms with Gasteiger partial charge >= 0.3 is 0 Å². The van der Waals surface area contributed by atoms with Gasteiger partial charge in [-0.15, -0.1) is 0 Å². The van der Waals surface area contributed by atoms with Gasteiger partial charge in [0, 0.05) is 31.3 Å². The summed E-state index contributed by atoms with van der Waals surface area (Å²) in [6.07, 6.45) is 4.09. The molecule has 126 valence electrons. The number of rotatable bonds is 6. The third-order valence-electron chi connectivity index (χ3n) is 4.25. The lowest BCUT2D eigenvalue weighted by molar-refractivity contribution is -0.384. The first kappa shape index (κ1) is 17.2. The Morgan fingerprint density at radius 1 is 1.48 bits per heavy atom. The molecule has 0 aliphatic carbocycles. The average Bonchev–Trinajstić information content (AvgIpc) is 2.54. The molecule has 0 saturated carbocycles. The number of amides is 1. The van der Waals surface area contributed by atoms with E-state index in [0.29, 0.717) is 23.7 Å². The van der Waals surface area contributed by atoms with Gasteiger partial charge in [-0.05, 0) is 37.3 Å². The number of piperidine rings is 1. The van der Waals surface area contributed by atoms with Crippen LogP contribution < -0.4 is 10.2 Å². The molecule has 2 rings (SSSR count). The van der Waals surface area contributed by atoms with Crippen molar-refractivity contribution in [1.29, 1.82) is 0 Å². The van der Waals surface area contributed by atoms with Gasteiger partial charge in [-0.2, -0.15) is 0 Å². The molecule has 0 bridgehead atoms. The summed E-state index contributed by atoms with van der Waals surface area (Å²) in [6, 6.07) is 4.80. The Labute approximate surface area is 137 Å². The molecule has 1 aliphatic rings. The molecule has 23 heavy (non-hydrogen) atoms. The minimum atomic E-state index is -0.391. The van der Waals surface area contributed by atoms with E-state index in [1.54, 1.807) is 12.1 Å². The Kier molecular flexibility index (Phi) is 5.96. The van der Waals surface area contributed by atoms with Crippen LogP contribution >= 0.6 is 0 Å². The van der Waals surface area contributed by atoms with E-state index < -0.39 is 4.92 Å². The van der Waals surface area contributed by atoms with Gasteiger partial charge in [0.25, 0.3) is 11.6 Å². The monoisotopic (exact) mass is 319 g/mol. The van der Waals surface area contributed by atoms with Crippen molar-refractivity contribution in [3.05, 3.63) is 33.9 Å². The fourth-order valence-electron chi connectivity index (χ4n) is 2.97. The minimum Gasteiger partial charge on any atom is -0.366 e. The number of anilines is 1. The molecule has 1 atom stereocenters. The maximum atomic E-state index is 12.1. The number of carbonyl (C=O) groups is 1. The van der Waals surface area contributed by atoms with Gasteiger partial charge in [0.15, 0.2) is 0 Å². The van der Waals surface area contributed by atoms with Crippen molar-refractivity contribution in [1.82, 2.24) is 5.32 Å². The van der Waals surface area contributed by atoms with Crippen molar-refractivity contribution in [2.75, 3.05) is 24.5 Å². The number of nitro benzene ring substituents is 1. The average molecular weight is 319 g/mol. The number of carbonyl (C=O) groups excluding carboxylic acids is 1. The largest absolute Gasteiger partial charge is 0.366 e. The highest BCUT2D eigenvalue weighted by Gasteiger charge is 2.25. The molecule has 1 unspecified atom stereocenters. The van der Waals surface area contributed by atoms with Crippen LogP contribution in [-0.2, 0) is 0 Å². The Morgan fingerprint density at radius 3 is 2.91 bits per heavy atom. The summed E-state index contributed by atoms with van der Waals surface area (Å²) in [4.78, 5) is 25.2. The van der Waals surface area contributed by atoms with Gasteiger partial charge in [0.1, 0.15) is 5.69 Å². The second kappa shape index (κ2) is 7.94. The van der Waals surface area contributed by atoms with Gasteiger partial charge in [-0.3, -0.25) is 14.9 Å². The van der Waals surface area contributed by atoms with Crippen LogP contribution in [0.1, 0.15) is 49.9 Å². The van der Waals surface area contributed by atoms with Crippen LogP contribution in [0, 0.1) is 16.0 Å². The molecule has 1 fully saturated rings. The molecule has 6 nitrogen and oxygen atoms in total. The quantitative estimate of drug-likeness (QED) is 0.495. The molecule has 1 N–H and O–H groups in total. The first-order chi connectivity index (χ1) is 11.0. The molecule has 1 saturated heterocycles.